The number of amides is 2. The minimum Gasteiger partial charge on any atom is -0.443 e. The summed E-state index contributed by atoms with van der Waals surface area (Å²) in [6.45, 7) is 10.4. The van der Waals surface area contributed by atoms with Crippen LogP contribution in [-0.2, 0) is 9.47 Å². The molecule has 1 N–H and O–H groups in total. The summed E-state index contributed by atoms with van der Waals surface area (Å²) in [4.78, 5) is 33.3. The second kappa shape index (κ2) is 6.14. The first kappa shape index (κ1) is 17.8. The van der Waals surface area contributed by atoms with Crippen LogP contribution in [0.1, 0.15) is 41.5 Å². The first-order valence-corrected chi connectivity index (χ1v) is 7.66. The first-order valence-electron chi connectivity index (χ1n) is 7.66. The van der Waals surface area contributed by atoms with Gasteiger partial charge in [-0.3, -0.25) is 0 Å². The predicted molar refractivity (Wildman–Crippen MR) is 91.0 cm³/mol. The highest BCUT2D eigenvalue weighted by Crippen LogP contribution is 2.28. The van der Waals surface area contributed by atoms with Gasteiger partial charge in [0.2, 0.25) is 0 Å². The average molecular weight is 333 g/mol. The van der Waals surface area contributed by atoms with Gasteiger partial charge in [0.1, 0.15) is 16.8 Å². The van der Waals surface area contributed by atoms with E-state index in [0.29, 0.717) is 16.7 Å². The van der Waals surface area contributed by atoms with E-state index in [2.05, 4.69) is 9.97 Å². The highest BCUT2D eigenvalue weighted by Gasteiger charge is 2.33. The first-order chi connectivity index (χ1) is 11.0. The number of hydrogen-bond acceptors (Lipinski definition) is 5. The monoisotopic (exact) mass is 333 g/mol. The maximum Gasteiger partial charge on any atom is 0.424 e. The lowest BCUT2D eigenvalue weighted by Gasteiger charge is -2.28. The number of imide groups is 1. The number of ether oxygens (including phenoxy) is 2. The molecule has 0 saturated carbocycles. The smallest absolute Gasteiger partial charge is 0.424 e. The standard InChI is InChI=1S/C17H23N3O4/c1-16(2,3)23-14(21)20(15(22)24-17(4,5)6)12-8-10-19-13-11(12)7-9-18-13/h7-10H,1-6H3,(H,18,19). The molecule has 0 bridgehead atoms. The fourth-order valence-electron chi connectivity index (χ4n) is 2.03. The van der Waals surface area contributed by atoms with Crippen molar-refractivity contribution in [3.63, 3.8) is 0 Å². The Kier molecular flexibility index (Phi) is 4.55. The van der Waals surface area contributed by atoms with Crippen LogP contribution in [0.25, 0.3) is 11.0 Å². The zero-order valence-electron chi connectivity index (χ0n) is 14.8. The van der Waals surface area contributed by atoms with Crippen LogP contribution in [0.4, 0.5) is 15.3 Å². The van der Waals surface area contributed by atoms with Crippen molar-refractivity contribution in [1.82, 2.24) is 9.97 Å². The van der Waals surface area contributed by atoms with Gasteiger partial charge in [0, 0.05) is 17.8 Å². The molecule has 0 aromatic carbocycles. The number of rotatable bonds is 1. The third kappa shape index (κ3) is 4.24. The SMILES string of the molecule is CC(C)(C)OC(=O)N(C(=O)OC(C)(C)C)c1ccnc2[nH]ccc12. The Bertz CT molecular complexity index is 725. The van der Waals surface area contributed by atoms with Gasteiger partial charge in [-0.25, -0.2) is 14.6 Å². The molecule has 7 nitrogen and oxygen atoms in total. The van der Waals surface area contributed by atoms with E-state index in [0.717, 1.165) is 4.90 Å². The van der Waals surface area contributed by atoms with Gasteiger partial charge < -0.3 is 14.5 Å². The number of aromatic amines is 1. The number of nitrogens with zero attached hydrogens (tertiary/aromatic N) is 2. The molecule has 2 amide bonds. The minimum atomic E-state index is -0.801. The van der Waals surface area contributed by atoms with Gasteiger partial charge in [0.05, 0.1) is 5.69 Å². The van der Waals surface area contributed by atoms with Crippen molar-refractivity contribution >= 4 is 28.9 Å². The van der Waals surface area contributed by atoms with Crippen LogP contribution in [0.3, 0.4) is 0 Å². The largest absolute Gasteiger partial charge is 0.443 e. The third-order valence-corrected chi connectivity index (χ3v) is 2.83. The van der Waals surface area contributed by atoms with Gasteiger partial charge in [-0.1, -0.05) is 0 Å². The second-order valence-corrected chi connectivity index (χ2v) is 7.37. The molecule has 0 saturated heterocycles. The topological polar surface area (TPSA) is 84.5 Å². The molecule has 2 aromatic heterocycles. The Balaban J connectivity index is 2.48. The molecule has 0 unspecified atom stereocenters. The molecule has 130 valence electrons. The van der Waals surface area contributed by atoms with E-state index >= 15 is 0 Å². The average Bonchev–Trinajstić information content (AvgIpc) is 2.83. The van der Waals surface area contributed by atoms with E-state index in [1.165, 1.54) is 6.20 Å². The molecule has 0 fully saturated rings. The van der Waals surface area contributed by atoms with Crippen molar-refractivity contribution in [2.45, 2.75) is 52.7 Å². The van der Waals surface area contributed by atoms with Gasteiger partial charge in [-0.2, -0.15) is 4.90 Å². The Morgan fingerprint density at radius 2 is 1.54 bits per heavy atom. The number of carbonyl (C=O) groups excluding carboxylic acids is 2. The second-order valence-electron chi connectivity index (χ2n) is 7.37. The summed E-state index contributed by atoms with van der Waals surface area (Å²) < 4.78 is 10.7. The van der Waals surface area contributed by atoms with Gasteiger partial charge in [0.25, 0.3) is 0 Å². The van der Waals surface area contributed by atoms with Crippen LogP contribution in [0.15, 0.2) is 24.5 Å². The number of fused-ring (bicyclic) bond motifs is 1. The number of carbonyl (C=O) groups is 2. The van der Waals surface area contributed by atoms with Crippen LogP contribution in [0.5, 0.6) is 0 Å². The van der Waals surface area contributed by atoms with Gasteiger partial charge >= 0.3 is 12.2 Å². The van der Waals surface area contributed by atoms with E-state index in [9.17, 15) is 9.59 Å². The number of hydrogen-bond donors (Lipinski definition) is 1. The summed E-state index contributed by atoms with van der Waals surface area (Å²) in [5.74, 6) is 0. The highest BCUT2D eigenvalue weighted by atomic mass is 16.6. The fraction of sp³-hybridized carbons (Fsp3) is 0.471. The Labute approximate surface area is 141 Å². The van der Waals surface area contributed by atoms with E-state index in [1.807, 2.05) is 0 Å². The molecule has 2 rings (SSSR count). The molecule has 7 heteroatoms. The van der Waals surface area contributed by atoms with Crippen LogP contribution in [0, 0.1) is 0 Å². The molecule has 24 heavy (non-hydrogen) atoms. The number of nitrogens with one attached hydrogen (secondary N) is 1. The molecule has 2 heterocycles. The molecule has 0 aliphatic carbocycles. The number of H-pyrrole nitrogens is 1. The quantitative estimate of drug-likeness (QED) is 0.843. The number of anilines is 1. The van der Waals surface area contributed by atoms with E-state index in [1.54, 1.807) is 59.9 Å². The molecule has 0 aliphatic heterocycles. The summed E-state index contributed by atoms with van der Waals surface area (Å²) in [6.07, 6.45) is 1.59. The molecule has 0 radical (unpaired) electrons. The molecular formula is C17H23N3O4. The van der Waals surface area contributed by atoms with Crippen molar-refractivity contribution in [2.75, 3.05) is 4.90 Å². The fourth-order valence-corrected chi connectivity index (χ4v) is 2.03. The lowest BCUT2D eigenvalue weighted by molar-refractivity contribution is 0.0431. The van der Waals surface area contributed by atoms with Crippen LogP contribution < -0.4 is 4.90 Å². The van der Waals surface area contributed by atoms with Crippen molar-refractivity contribution < 1.29 is 19.1 Å². The van der Waals surface area contributed by atoms with Gasteiger partial charge in [-0.15, -0.1) is 0 Å². The maximum absolute atomic E-state index is 12.6. The van der Waals surface area contributed by atoms with Crippen molar-refractivity contribution in [1.29, 1.82) is 0 Å². The number of pyridine rings is 1. The van der Waals surface area contributed by atoms with Crippen LogP contribution in [-0.4, -0.2) is 33.4 Å². The molecule has 0 aliphatic rings. The molecular weight excluding hydrogens is 310 g/mol. The normalized spacial score (nSPS) is 12.1. The Morgan fingerprint density at radius 3 is 2.04 bits per heavy atom. The van der Waals surface area contributed by atoms with Gasteiger partial charge in [-0.05, 0) is 53.7 Å². The summed E-state index contributed by atoms with van der Waals surface area (Å²) in [5.41, 5.74) is -0.585. The maximum atomic E-state index is 12.6. The summed E-state index contributed by atoms with van der Waals surface area (Å²) in [6, 6.07) is 3.31. The molecule has 2 aromatic rings. The third-order valence-electron chi connectivity index (χ3n) is 2.83. The van der Waals surface area contributed by atoms with E-state index in [4.69, 9.17) is 9.47 Å². The zero-order valence-corrected chi connectivity index (χ0v) is 14.8. The van der Waals surface area contributed by atoms with E-state index in [-0.39, 0.29) is 0 Å². The predicted octanol–water partition coefficient (Wildman–Crippen LogP) is 4.24. The number of aromatic nitrogens is 2. The van der Waals surface area contributed by atoms with Crippen molar-refractivity contribution in [3.05, 3.63) is 24.5 Å². The Hall–Kier alpha value is -2.57. The molecule has 0 atom stereocenters. The van der Waals surface area contributed by atoms with Crippen LogP contribution in [0.2, 0.25) is 0 Å². The van der Waals surface area contributed by atoms with Crippen molar-refractivity contribution in [2.24, 2.45) is 0 Å². The van der Waals surface area contributed by atoms with Crippen molar-refractivity contribution in [3.8, 4) is 0 Å². The lowest BCUT2D eigenvalue weighted by Crippen LogP contribution is -2.43. The lowest BCUT2D eigenvalue weighted by atomic mass is 10.2. The Morgan fingerprint density at radius 1 is 1.00 bits per heavy atom. The minimum absolute atomic E-state index is 0.352. The summed E-state index contributed by atoms with van der Waals surface area (Å²) in [5, 5.41) is 0.620. The molecule has 0 spiro atoms. The summed E-state index contributed by atoms with van der Waals surface area (Å²) in [7, 11) is 0. The zero-order chi connectivity index (χ0) is 18.1. The van der Waals surface area contributed by atoms with E-state index < -0.39 is 23.4 Å². The summed E-state index contributed by atoms with van der Waals surface area (Å²) >= 11 is 0. The highest BCUT2D eigenvalue weighted by molar-refractivity contribution is 6.14. The van der Waals surface area contributed by atoms with Gasteiger partial charge in [0.15, 0.2) is 0 Å². The van der Waals surface area contributed by atoms with Crippen LogP contribution >= 0.6 is 0 Å².